The molecule has 2 nitrogen and oxygen atoms in total. The fourth-order valence-electron chi connectivity index (χ4n) is 7.71. The van der Waals surface area contributed by atoms with Gasteiger partial charge in [-0.2, -0.15) is 0 Å². The summed E-state index contributed by atoms with van der Waals surface area (Å²) in [6.07, 6.45) is 0. The molecular weight excluding hydrogens is 556 g/mol. The van der Waals surface area contributed by atoms with Crippen LogP contribution in [0.2, 0.25) is 0 Å². The molecule has 0 unspecified atom stereocenters. The van der Waals surface area contributed by atoms with E-state index >= 15 is 0 Å². The van der Waals surface area contributed by atoms with Crippen LogP contribution in [0.5, 0.6) is 0 Å². The van der Waals surface area contributed by atoms with Crippen LogP contribution in [0.1, 0.15) is 0 Å². The minimum absolute atomic E-state index is 1.19. The molecule has 0 radical (unpaired) electrons. The van der Waals surface area contributed by atoms with Crippen LogP contribution in [-0.2, 0) is 0 Å². The molecule has 0 amide bonds. The molecule has 2 aromatic heterocycles. The summed E-state index contributed by atoms with van der Waals surface area (Å²) in [5.74, 6) is 0. The highest BCUT2D eigenvalue weighted by Crippen LogP contribution is 2.43. The summed E-state index contributed by atoms with van der Waals surface area (Å²) < 4.78 is 4.93. The summed E-state index contributed by atoms with van der Waals surface area (Å²) in [6, 6.07) is 61.9. The molecule has 214 valence electrons. The monoisotopic (exact) mass is 584 g/mol. The Morgan fingerprint density at radius 2 is 0.783 bits per heavy atom. The second kappa shape index (κ2) is 9.69. The second-order valence-electron chi connectivity index (χ2n) is 12.1. The lowest BCUT2D eigenvalue weighted by molar-refractivity contribution is 1.19. The van der Waals surface area contributed by atoms with Crippen LogP contribution >= 0.6 is 0 Å². The maximum atomic E-state index is 2.47. The Labute approximate surface area is 266 Å². The predicted octanol–water partition coefficient (Wildman–Crippen LogP) is 11.9. The van der Waals surface area contributed by atoms with E-state index in [0.29, 0.717) is 0 Å². The molecule has 0 saturated carbocycles. The molecule has 0 saturated heterocycles. The lowest BCUT2D eigenvalue weighted by Gasteiger charge is -2.13. The number of fused-ring (bicyclic) bond motifs is 9. The first-order valence-corrected chi connectivity index (χ1v) is 15.9. The Balaban J connectivity index is 1.31. The first-order chi connectivity index (χ1) is 22.8. The van der Waals surface area contributed by atoms with Crippen molar-refractivity contribution in [3.8, 4) is 22.5 Å². The maximum absolute atomic E-state index is 2.47. The van der Waals surface area contributed by atoms with E-state index in [1.807, 2.05) is 0 Å². The smallest absolute Gasteiger partial charge is 0.0549 e. The zero-order chi connectivity index (χ0) is 30.2. The number of para-hydroxylation sites is 2. The Morgan fingerprint density at radius 1 is 0.283 bits per heavy atom. The highest BCUT2D eigenvalue weighted by molar-refractivity contribution is 6.29. The number of aromatic nitrogens is 2. The van der Waals surface area contributed by atoms with E-state index in [2.05, 4.69) is 179 Å². The molecule has 10 aromatic rings. The van der Waals surface area contributed by atoms with Gasteiger partial charge in [0.2, 0.25) is 0 Å². The molecular formula is C44H28N2. The zero-order valence-electron chi connectivity index (χ0n) is 25.1. The van der Waals surface area contributed by atoms with Gasteiger partial charge in [0.15, 0.2) is 0 Å². The fourth-order valence-corrected chi connectivity index (χ4v) is 7.71. The van der Waals surface area contributed by atoms with Crippen LogP contribution in [-0.4, -0.2) is 9.13 Å². The Kier molecular flexibility index (Phi) is 5.31. The van der Waals surface area contributed by atoms with Crippen molar-refractivity contribution in [2.45, 2.75) is 0 Å². The van der Waals surface area contributed by atoms with Gasteiger partial charge in [0.25, 0.3) is 0 Å². The highest BCUT2D eigenvalue weighted by Gasteiger charge is 2.21. The highest BCUT2D eigenvalue weighted by atomic mass is 15.0. The first kappa shape index (κ1) is 25.2. The van der Waals surface area contributed by atoms with Gasteiger partial charge in [0.1, 0.15) is 0 Å². The minimum Gasteiger partial charge on any atom is -0.309 e. The van der Waals surface area contributed by atoms with E-state index in [1.54, 1.807) is 0 Å². The minimum atomic E-state index is 1.19. The molecule has 8 aromatic carbocycles. The standard InChI is InChI=1S/C44H28N2/c1-2-12-29(13-3-1)31-24-25-34-32(28-31)16-11-23-38(34)46-40-21-9-7-19-36(40)44-42(46)27-26-41-43(44)35-18-6-8-20-39(35)45(41)37-22-10-15-30-14-4-5-17-33(30)37/h1-28H. The number of nitrogens with zero attached hydrogens (tertiary/aromatic N) is 2. The molecule has 0 bridgehead atoms. The molecule has 0 aliphatic rings. The summed E-state index contributed by atoms with van der Waals surface area (Å²) in [4.78, 5) is 0. The van der Waals surface area contributed by atoms with Gasteiger partial charge in [-0.15, -0.1) is 0 Å². The van der Waals surface area contributed by atoms with Crippen LogP contribution in [0.3, 0.4) is 0 Å². The van der Waals surface area contributed by atoms with Crippen molar-refractivity contribution >= 4 is 65.2 Å². The summed E-state index contributed by atoms with van der Waals surface area (Å²) >= 11 is 0. The molecule has 0 N–H and O–H groups in total. The van der Waals surface area contributed by atoms with Gasteiger partial charge >= 0.3 is 0 Å². The molecule has 0 fully saturated rings. The average Bonchev–Trinajstić information content (AvgIpc) is 3.64. The summed E-state index contributed by atoms with van der Waals surface area (Å²) in [5.41, 5.74) is 9.74. The number of hydrogen-bond acceptors (Lipinski definition) is 0. The summed E-state index contributed by atoms with van der Waals surface area (Å²) in [7, 11) is 0. The topological polar surface area (TPSA) is 9.86 Å². The third-order valence-corrected chi connectivity index (χ3v) is 9.68. The predicted molar refractivity (Wildman–Crippen MR) is 196 cm³/mol. The number of hydrogen-bond donors (Lipinski definition) is 0. The maximum Gasteiger partial charge on any atom is 0.0549 e. The normalized spacial score (nSPS) is 11.9. The first-order valence-electron chi connectivity index (χ1n) is 15.9. The van der Waals surface area contributed by atoms with Crippen molar-refractivity contribution in [2.24, 2.45) is 0 Å². The van der Waals surface area contributed by atoms with Crippen molar-refractivity contribution in [3.63, 3.8) is 0 Å². The molecule has 2 heteroatoms. The lowest BCUT2D eigenvalue weighted by atomic mass is 10.0. The molecule has 10 rings (SSSR count). The van der Waals surface area contributed by atoms with Gasteiger partial charge in [-0.3, -0.25) is 0 Å². The van der Waals surface area contributed by atoms with E-state index in [9.17, 15) is 0 Å². The van der Waals surface area contributed by atoms with E-state index in [4.69, 9.17) is 0 Å². The van der Waals surface area contributed by atoms with Crippen molar-refractivity contribution < 1.29 is 0 Å². The van der Waals surface area contributed by atoms with Gasteiger partial charge < -0.3 is 9.13 Å². The largest absolute Gasteiger partial charge is 0.309 e. The van der Waals surface area contributed by atoms with E-state index in [-0.39, 0.29) is 0 Å². The van der Waals surface area contributed by atoms with Crippen LogP contribution in [0.25, 0.3) is 87.7 Å². The molecule has 0 aliphatic heterocycles. The Hall–Kier alpha value is -6.12. The molecule has 0 atom stereocenters. The quantitative estimate of drug-likeness (QED) is 0.195. The second-order valence-corrected chi connectivity index (χ2v) is 12.1. The molecule has 0 aliphatic carbocycles. The Bertz CT molecular complexity index is 2790. The van der Waals surface area contributed by atoms with Gasteiger partial charge in [-0.05, 0) is 64.4 Å². The summed E-state index contributed by atoms with van der Waals surface area (Å²) in [5, 5.41) is 10.1. The molecule has 2 heterocycles. The average molecular weight is 585 g/mol. The van der Waals surface area contributed by atoms with Crippen LogP contribution < -0.4 is 0 Å². The SMILES string of the molecule is c1ccc(-c2ccc3c(-n4c5ccccc5c5c6c7ccccc7n(-c7cccc8ccccc78)c6ccc54)cccc3c2)cc1. The van der Waals surface area contributed by atoms with E-state index in [0.717, 1.165) is 0 Å². The third-order valence-electron chi connectivity index (χ3n) is 9.68. The van der Waals surface area contributed by atoms with Crippen molar-refractivity contribution in [1.29, 1.82) is 0 Å². The van der Waals surface area contributed by atoms with Crippen LogP contribution in [0.15, 0.2) is 170 Å². The zero-order valence-corrected chi connectivity index (χ0v) is 25.1. The van der Waals surface area contributed by atoms with Crippen molar-refractivity contribution in [3.05, 3.63) is 170 Å². The summed E-state index contributed by atoms with van der Waals surface area (Å²) in [6.45, 7) is 0. The van der Waals surface area contributed by atoms with Gasteiger partial charge in [0, 0.05) is 32.3 Å². The van der Waals surface area contributed by atoms with E-state index in [1.165, 1.54) is 87.7 Å². The molecule has 46 heavy (non-hydrogen) atoms. The third kappa shape index (κ3) is 3.53. The van der Waals surface area contributed by atoms with E-state index < -0.39 is 0 Å². The Morgan fingerprint density at radius 3 is 1.43 bits per heavy atom. The van der Waals surface area contributed by atoms with Crippen LogP contribution in [0.4, 0.5) is 0 Å². The van der Waals surface area contributed by atoms with Gasteiger partial charge in [0.05, 0.1) is 33.4 Å². The number of benzene rings is 8. The number of rotatable bonds is 3. The van der Waals surface area contributed by atoms with Gasteiger partial charge in [-0.25, -0.2) is 0 Å². The van der Waals surface area contributed by atoms with Crippen molar-refractivity contribution in [1.82, 2.24) is 9.13 Å². The fraction of sp³-hybridized carbons (Fsp3) is 0. The van der Waals surface area contributed by atoms with Crippen molar-refractivity contribution in [2.75, 3.05) is 0 Å². The molecule has 0 spiro atoms. The van der Waals surface area contributed by atoms with Gasteiger partial charge in [-0.1, -0.05) is 127 Å². The van der Waals surface area contributed by atoms with Crippen LogP contribution in [0, 0.1) is 0 Å². The lowest BCUT2D eigenvalue weighted by Crippen LogP contribution is -1.96.